The van der Waals surface area contributed by atoms with Crippen molar-refractivity contribution in [1.82, 2.24) is 14.9 Å². The highest BCUT2D eigenvalue weighted by molar-refractivity contribution is 5.40. The quantitative estimate of drug-likeness (QED) is 0.726. The van der Waals surface area contributed by atoms with Crippen LogP contribution in [0.5, 0.6) is 11.5 Å². The molecule has 0 bridgehead atoms. The highest BCUT2D eigenvalue weighted by Gasteiger charge is 2.21. The van der Waals surface area contributed by atoms with E-state index in [1.165, 1.54) is 0 Å². The van der Waals surface area contributed by atoms with Gasteiger partial charge >= 0.3 is 0 Å². The third-order valence-corrected chi connectivity index (χ3v) is 4.71. The van der Waals surface area contributed by atoms with Crippen molar-refractivity contribution in [2.75, 3.05) is 39.7 Å². The molecular weight excluding hydrogens is 344 g/mol. The summed E-state index contributed by atoms with van der Waals surface area (Å²) in [5.41, 5.74) is 2.18. The van der Waals surface area contributed by atoms with Gasteiger partial charge in [-0.15, -0.1) is 0 Å². The van der Waals surface area contributed by atoms with Crippen molar-refractivity contribution in [2.24, 2.45) is 0 Å². The molecule has 0 radical (unpaired) electrons. The maximum atomic E-state index is 5.85. The minimum atomic E-state index is 0.270. The van der Waals surface area contributed by atoms with Crippen molar-refractivity contribution >= 4 is 5.95 Å². The Bertz CT molecular complexity index is 718. The second-order valence-electron chi connectivity index (χ2n) is 6.65. The molecule has 2 aromatic rings. The first kappa shape index (κ1) is 19.4. The lowest BCUT2D eigenvalue weighted by Crippen LogP contribution is -2.31. The summed E-state index contributed by atoms with van der Waals surface area (Å²) < 4.78 is 16.7. The van der Waals surface area contributed by atoms with Crippen LogP contribution in [0.2, 0.25) is 0 Å². The van der Waals surface area contributed by atoms with E-state index in [1.54, 1.807) is 14.2 Å². The highest BCUT2D eigenvalue weighted by atomic mass is 16.5. The maximum absolute atomic E-state index is 5.85. The van der Waals surface area contributed by atoms with Gasteiger partial charge < -0.3 is 19.5 Å². The van der Waals surface area contributed by atoms with Crippen LogP contribution in [0.4, 0.5) is 5.95 Å². The molecule has 3 rings (SSSR count). The molecule has 1 aliphatic heterocycles. The molecule has 1 atom stereocenters. The van der Waals surface area contributed by atoms with Crippen LogP contribution in [0.1, 0.15) is 24.0 Å². The summed E-state index contributed by atoms with van der Waals surface area (Å²) in [5.74, 6) is 2.24. The van der Waals surface area contributed by atoms with Crippen LogP contribution in [-0.2, 0) is 17.8 Å². The zero-order valence-electron chi connectivity index (χ0n) is 16.3. The number of hydrogen-bond acceptors (Lipinski definition) is 7. The van der Waals surface area contributed by atoms with E-state index in [0.29, 0.717) is 5.95 Å². The Kier molecular flexibility index (Phi) is 6.84. The van der Waals surface area contributed by atoms with Gasteiger partial charge in [0, 0.05) is 62.9 Å². The number of aromatic nitrogens is 2. The van der Waals surface area contributed by atoms with Gasteiger partial charge in [-0.2, -0.15) is 0 Å². The van der Waals surface area contributed by atoms with Gasteiger partial charge in [0.1, 0.15) is 11.5 Å². The van der Waals surface area contributed by atoms with Crippen molar-refractivity contribution in [3.05, 3.63) is 41.7 Å². The monoisotopic (exact) mass is 372 g/mol. The minimum absolute atomic E-state index is 0.270. The molecule has 146 valence electrons. The topological polar surface area (TPSA) is 68.7 Å². The molecule has 0 saturated carbocycles. The molecule has 2 heterocycles. The second-order valence-corrected chi connectivity index (χ2v) is 6.65. The Morgan fingerprint density at radius 2 is 2.00 bits per heavy atom. The Balaban J connectivity index is 1.76. The Morgan fingerprint density at radius 3 is 2.63 bits per heavy atom. The fourth-order valence-corrected chi connectivity index (χ4v) is 3.31. The van der Waals surface area contributed by atoms with E-state index in [-0.39, 0.29) is 6.10 Å². The summed E-state index contributed by atoms with van der Waals surface area (Å²) >= 11 is 0. The van der Waals surface area contributed by atoms with Crippen molar-refractivity contribution in [3.8, 4) is 11.5 Å². The number of rotatable bonds is 9. The van der Waals surface area contributed by atoms with Crippen LogP contribution < -0.4 is 14.8 Å². The summed E-state index contributed by atoms with van der Waals surface area (Å²) in [6.07, 6.45) is 6.24. The standard InChI is InChI=1S/C20H28N4O3/c1-21-20-22-10-15(11-23-20)12-24(14-18-5-4-8-27-18)13-16-6-7-17(25-2)9-19(16)26-3/h6-7,9-11,18H,4-5,8,12-14H2,1-3H3,(H,21,22,23). The van der Waals surface area contributed by atoms with Gasteiger partial charge in [-0.25, -0.2) is 9.97 Å². The van der Waals surface area contributed by atoms with Gasteiger partial charge in [0.2, 0.25) is 5.95 Å². The number of hydrogen-bond donors (Lipinski definition) is 1. The second kappa shape index (κ2) is 9.53. The average molecular weight is 372 g/mol. The van der Waals surface area contributed by atoms with Crippen LogP contribution in [0.25, 0.3) is 0 Å². The molecule has 1 aromatic carbocycles. The van der Waals surface area contributed by atoms with Crippen molar-refractivity contribution in [3.63, 3.8) is 0 Å². The fourth-order valence-electron chi connectivity index (χ4n) is 3.31. The largest absolute Gasteiger partial charge is 0.497 e. The zero-order valence-corrected chi connectivity index (χ0v) is 16.3. The Labute approximate surface area is 160 Å². The molecule has 0 amide bonds. The minimum Gasteiger partial charge on any atom is -0.497 e. The number of ether oxygens (including phenoxy) is 3. The van der Waals surface area contributed by atoms with E-state index in [2.05, 4.69) is 26.3 Å². The summed E-state index contributed by atoms with van der Waals surface area (Å²) in [6.45, 7) is 3.22. The molecule has 1 aromatic heterocycles. The van der Waals surface area contributed by atoms with Crippen LogP contribution in [0, 0.1) is 0 Å². The highest BCUT2D eigenvalue weighted by Crippen LogP contribution is 2.27. The molecule has 0 aliphatic carbocycles. The number of benzene rings is 1. The first-order chi connectivity index (χ1) is 13.2. The number of methoxy groups -OCH3 is 2. The van der Waals surface area contributed by atoms with Crippen molar-refractivity contribution < 1.29 is 14.2 Å². The first-order valence-corrected chi connectivity index (χ1v) is 9.25. The normalized spacial score (nSPS) is 16.5. The number of anilines is 1. The molecule has 27 heavy (non-hydrogen) atoms. The van der Waals surface area contributed by atoms with Crippen LogP contribution >= 0.6 is 0 Å². The molecule has 7 nitrogen and oxygen atoms in total. The SMILES string of the molecule is CNc1ncc(CN(Cc2ccc(OC)cc2OC)CC2CCCO2)cn1. The lowest BCUT2D eigenvalue weighted by Gasteiger charge is -2.26. The van der Waals surface area contributed by atoms with E-state index >= 15 is 0 Å². The first-order valence-electron chi connectivity index (χ1n) is 9.25. The lowest BCUT2D eigenvalue weighted by atomic mass is 10.1. The molecule has 1 N–H and O–H groups in total. The van der Waals surface area contributed by atoms with Gasteiger partial charge in [-0.1, -0.05) is 6.07 Å². The van der Waals surface area contributed by atoms with Gasteiger partial charge in [-0.3, -0.25) is 4.90 Å². The van der Waals surface area contributed by atoms with E-state index in [9.17, 15) is 0 Å². The molecule has 0 spiro atoms. The van der Waals surface area contributed by atoms with E-state index in [4.69, 9.17) is 14.2 Å². The van der Waals surface area contributed by atoms with Gasteiger partial charge in [0.25, 0.3) is 0 Å². The van der Waals surface area contributed by atoms with Crippen LogP contribution in [0.15, 0.2) is 30.6 Å². The fraction of sp³-hybridized carbons (Fsp3) is 0.500. The molecule has 7 heteroatoms. The van der Waals surface area contributed by atoms with Crippen LogP contribution in [0.3, 0.4) is 0 Å². The Hall–Kier alpha value is -2.38. The predicted octanol–water partition coefficient (Wildman–Crippen LogP) is 2.72. The van der Waals surface area contributed by atoms with Crippen molar-refractivity contribution in [1.29, 1.82) is 0 Å². The van der Waals surface area contributed by atoms with E-state index in [0.717, 1.165) is 61.7 Å². The molecule has 1 unspecified atom stereocenters. The average Bonchev–Trinajstić information content (AvgIpc) is 3.22. The molecule has 1 fully saturated rings. The summed E-state index contributed by atoms with van der Waals surface area (Å²) in [7, 11) is 5.16. The van der Waals surface area contributed by atoms with Crippen LogP contribution in [-0.4, -0.2) is 55.4 Å². The third kappa shape index (κ3) is 5.30. The molecule has 1 aliphatic rings. The van der Waals surface area contributed by atoms with Crippen molar-refractivity contribution in [2.45, 2.75) is 32.0 Å². The number of nitrogens with one attached hydrogen (secondary N) is 1. The molecule has 1 saturated heterocycles. The summed E-state index contributed by atoms with van der Waals surface area (Å²) in [6, 6.07) is 5.94. The maximum Gasteiger partial charge on any atom is 0.222 e. The smallest absolute Gasteiger partial charge is 0.222 e. The summed E-state index contributed by atoms with van der Waals surface area (Å²) in [5, 5.41) is 2.95. The Morgan fingerprint density at radius 1 is 1.19 bits per heavy atom. The van der Waals surface area contributed by atoms with Gasteiger partial charge in [-0.05, 0) is 18.9 Å². The van der Waals surface area contributed by atoms with E-state index in [1.807, 2.05) is 31.6 Å². The van der Waals surface area contributed by atoms with Gasteiger partial charge in [0.05, 0.1) is 20.3 Å². The zero-order chi connectivity index (χ0) is 19.1. The third-order valence-electron chi connectivity index (χ3n) is 4.71. The molecular formula is C20H28N4O3. The predicted molar refractivity (Wildman–Crippen MR) is 104 cm³/mol. The number of nitrogens with zero attached hydrogens (tertiary/aromatic N) is 3. The van der Waals surface area contributed by atoms with E-state index < -0.39 is 0 Å². The summed E-state index contributed by atoms with van der Waals surface area (Å²) in [4.78, 5) is 11.0. The lowest BCUT2D eigenvalue weighted by molar-refractivity contribution is 0.0675. The van der Waals surface area contributed by atoms with Gasteiger partial charge in [0.15, 0.2) is 0 Å².